The fourth-order valence-electron chi connectivity index (χ4n) is 4.35. The van der Waals surface area contributed by atoms with Crippen molar-refractivity contribution in [3.8, 4) is 10.4 Å². The smallest absolute Gasteiger partial charge is 0.383 e. The zero-order valence-corrected chi connectivity index (χ0v) is 21.1. The zero-order chi connectivity index (χ0) is 26.1. The molecule has 0 atom stereocenters. The maximum Gasteiger partial charge on any atom is 0.433 e. The Morgan fingerprint density at radius 1 is 1.25 bits per heavy atom. The number of carbonyl (C=O) groups is 1. The second-order valence-electron chi connectivity index (χ2n) is 9.16. The quantitative estimate of drug-likeness (QED) is 0.445. The molecule has 0 unspecified atom stereocenters. The number of nitrogens with zero attached hydrogens (tertiary/aromatic N) is 4. The van der Waals surface area contributed by atoms with Gasteiger partial charge in [0.2, 0.25) is 11.9 Å². The molecule has 4 rings (SSSR count). The number of anilines is 2. The fraction of sp³-hybridized carbons (Fsp3) is 0.440. The van der Waals surface area contributed by atoms with Crippen LogP contribution >= 0.6 is 11.3 Å². The van der Waals surface area contributed by atoms with Crippen LogP contribution in [0.1, 0.15) is 48.9 Å². The summed E-state index contributed by atoms with van der Waals surface area (Å²) in [5, 5.41) is 14.7. The molecule has 2 aromatic heterocycles. The molecule has 2 heterocycles. The van der Waals surface area contributed by atoms with Gasteiger partial charge >= 0.3 is 6.18 Å². The van der Waals surface area contributed by atoms with Crippen LogP contribution < -0.4 is 5.32 Å². The van der Waals surface area contributed by atoms with E-state index in [0.29, 0.717) is 42.9 Å². The van der Waals surface area contributed by atoms with E-state index < -0.39 is 17.5 Å². The molecule has 1 fully saturated rings. The molecule has 1 aromatic carbocycles. The van der Waals surface area contributed by atoms with Crippen molar-refractivity contribution in [1.29, 1.82) is 0 Å². The van der Waals surface area contributed by atoms with E-state index in [2.05, 4.69) is 20.3 Å². The van der Waals surface area contributed by atoms with Crippen LogP contribution in [0.15, 0.2) is 36.7 Å². The predicted octanol–water partition coefficient (Wildman–Crippen LogP) is 5.53. The highest BCUT2D eigenvalue weighted by atomic mass is 32.1. The second-order valence-corrected chi connectivity index (χ2v) is 10.2. The van der Waals surface area contributed by atoms with Crippen LogP contribution in [0.4, 0.5) is 24.8 Å². The lowest BCUT2D eigenvalue weighted by Gasteiger charge is -2.35. The minimum Gasteiger partial charge on any atom is -0.383 e. The van der Waals surface area contributed by atoms with E-state index in [9.17, 15) is 23.1 Å². The third-order valence-electron chi connectivity index (χ3n) is 6.48. The van der Waals surface area contributed by atoms with Crippen LogP contribution in [0, 0.1) is 12.8 Å². The summed E-state index contributed by atoms with van der Waals surface area (Å²) in [6, 6.07) is 6.33. The van der Waals surface area contributed by atoms with Gasteiger partial charge in [-0.05, 0) is 68.9 Å². The van der Waals surface area contributed by atoms with Gasteiger partial charge in [-0.3, -0.25) is 4.79 Å². The Labute approximate surface area is 211 Å². The molecular formula is C25H28F3N5O2S. The molecule has 1 aliphatic carbocycles. The summed E-state index contributed by atoms with van der Waals surface area (Å²) in [6.07, 6.45) is 0.318. The second kappa shape index (κ2) is 10.1. The van der Waals surface area contributed by atoms with Gasteiger partial charge < -0.3 is 15.3 Å². The monoisotopic (exact) mass is 519 g/mol. The van der Waals surface area contributed by atoms with Gasteiger partial charge in [-0.1, -0.05) is 6.07 Å². The number of rotatable bonds is 6. The van der Waals surface area contributed by atoms with E-state index >= 15 is 0 Å². The Balaban J connectivity index is 1.51. The first kappa shape index (κ1) is 26.0. The molecule has 3 aromatic rings. The highest BCUT2D eigenvalue weighted by molar-refractivity contribution is 7.15. The van der Waals surface area contributed by atoms with Crippen molar-refractivity contribution in [3.63, 3.8) is 0 Å². The predicted molar refractivity (Wildman–Crippen MR) is 132 cm³/mol. The van der Waals surface area contributed by atoms with E-state index in [4.69, 9.17) is 0 Å². The average Bonchev–Trinajstić information content (AvgIpc) is 3.34. The van der Waals surface area contributed by atoms with Crippen LogP contribution in [0.25, 0.3) is 10.4 Å². The van der Waals surface area contributed by atoms with E-state index in [1.54, 1.807) is 30.3 Å². The molecule has 0 spiro atoms. The van der Waals surface area contributed by atoms with Crippen LogP contribution in [-0.2, 0) is 16.6 Å². The molecule has 1 amide bonds. The Kier molecular flexibility index (Phi) is 7.33. The summed E-state index contributed by atoms with van der Waals surface area (Å²) in [4.78, 5) is 27.0. The summed E-state index contributed by atoms with van der Waals surface area (Å²) in [7, 11) is 1.79. The van der Waals surface area contributed by atoms with Gasteiger partial charge in [0.05, 0.1) is 4.88 Å². The minimum atomic E-state index is -4.56. The van der Waals surface area contributed by atoms with Gasteiger partial charge in [0.15, 0.2) is 0 Å². The van der Waals surface area contributed by atoms with Gasteiger partial charge in [0.25, 0.3) is 0 Å². The highest BCUT2D eigenvalue weighted by Crippen LogP contribution is 2.43. The molecule has 0 radical (unpaired) electrons. The molecule has 7 nitrogen and oxygen atoms in total. The number of carbonyl (C=O) groups excluding carboxylic acids is 1. The van der Waals surface area contributed by atoms with Crippen molar-refractivity contribution < 1.29 is 23.1 Å². The topological polar surface area (TPSA) is 91.2 Å². The van der Waals surface area contributed by atoms with Gasteiger partial charge in [-0.15, -0.1) is 11.3 Å². The molecule has 1 saturated carbocycles. The third kappa shape index (κ3) is 5.67. The first-order chi connectivity index (χ1) is 17.0. The summed E-state index contributed by atoms with van der Waals surface area (Å²) < 4.78 is 39.0. The Morgan fingerprint density at radius 3 is 2.64 bits per heavy atom. The molecule has 11 heteroatoms. The largest absolute Gasteiger partial charge is 0.433 e. The number of alkyl halides is 3. The van der Waals surface area contributed by atoms with Crippen molar-refractivity contribution in [2.45, 2.75) is 51.3 Å². The van der Waals surface area contributed by atoms with Crippen LogP contribution in [-0.4, -0.2) is 44.5 Å². The first-order valence-corrected chi connectivity index (χ1v) is 12.5. The molecule has 0 bridgehead atoms. The number of hydrogen-bond donors (Lipinski definition) is 2. The summed E-state index contributed by atoms with van der Waals surface area (Å²) in [5.74, 6) is -0.122. The van der Waals surface area contributed by atoms with Crippen LogP contribution in [0.3, 0.4) is 0 Å². The van der Waals surface area contributed by atoms with Gasteiger partial charge in [0.1, 0.15) is 16.3 Å². The number of benzene rings is 1. The van der Waals surface area contributed by atoms with Crippen LogP contribution in [0.5, 0.6) is 0 Å². The third-order valence-corrected chi connectivity index (χ3v) is 7.72. The summed E-state index contributed by atoms with van der Waals surface area (Å²) in [6.45, 7) is 4.47. The number of hydrogen-bond acceptors (Lipinski definition) is 7. The molecule has 2 N–H and O–H groups in total. The Bertz CT molecular complexity index is 1240. The molecule has 0 aliphatic heterocycles. The highest BCUT2D eigenvalue weighted by Gasteiger charge is 2.40. The number of halogens is 3. The molecule has 0 saturated heterocycles. The lowest BCUT2D eigenvalue weighted by Crippen LogP contribution is -2.39. The van der Waals surface area contributed by atoms with Gasteiger partial charge in [-0.2, -0.15) is 13.2 Å². The number of thiazole rings is 1. The van der Waals surface area contributed by atoms with E-state index in [0.717, 1.165) is 28.3 Å². The molecular weight excluding hydrogens is 491 g/mol. The van der Waals surface area contributed by atoms with E-state index in [-0.39, 0.29) is 17.8 Å². The normalized spacial score (nSPS) is 20.2. The van der Waals surface area contributed by atoms with Crippen molar-refractivity contribution in [3.05, 3.63) is 52.9 Å². The zero-order valence-electron chi connectivity index (χ0n) is 20.3. The standard InChI is InChI=1S/C25H28F3N5O2S/c1-4-33(3)21(34)16-5-8-24(35,9-6-16)22-30-14-19(36-22)17-11-15(2)12-18(13-17)31-23-29-10-7-20(32-23)25(26,27)28/h7,10-14,16,35H,4-6,8-9H2,1-3H3,(H,29,31,32). The number of amides is 1. The SMILES string of the molecule is CCN(C)C(=O)C1CCC(O)(c2ncc(-c3cc(C)cc(Nc4nccc(C(F)(F)F)n4)c3)s2)CC1. The molecule has 36 heavy (non-hydrogen) atoms. The summed E-state index contributed by atoms with van der Waals surface area (Å²) >= 11 is 1.38. The van der Waals surface area contributed by atoms with Crippen molar-refractivity contribution >= 4 is 28.9 Å². The molecule has 1 aliphatic rings. The van der Waals surface area contributed by atoms with Crippen molar-refractivity contribution in [2.75, 3.05) is 18.9 Å². The minimum absolute atomic E-state index is 0.0851. The lowest BCUT2D eigenvalue weighted by molar-refractivity contribution is -0.141. The number of aromatic nitrogens is 3. The van der Waals surface area contributed by atoms with Crippen molar-refractivity contribution in [2.24, 2.45) is 5.92 Å². The number of aryl methyl sites for hydroxylation is 1. The van der Waals surface area contributed by atoms with Crippen LogP contribution in [0.2, 0.25) is 0 Å². The fourth-order valence-corrected chi connectivity index (χ4v) is 5.40. The van der Waals surface area contributed by atoms with Crippen molar-refractivity contribution in [1.82, 2.24) is 19.9 Å². The van der Waals surface area contributed by atoms with E-state index in [1.807, 2.05) is 19.9 Å². The average molecular weight is 520 g/mol. The number of nitrogens with one attached hydrogen (secondary N) is 1. The Hall–Kier alpha value is -3.05. The maximum absolute atomic E-state index is 13.0. The molecule has 192 valence electrons. The maximum atomic E-state index is 13.0. The number of aliphatic hydroxyl groups is 1. The van der Waals surface area contributed by atoms with Gasteiger partial charge in [-0.25, -0.2) is 15.0 Å². The lowest BCUT2D eigenvalue weighted by atomic mass is 9.78. The van der Waals surface area contributed by atoms with E-state index in [1.165, 1.54) is 11.3 Å². The first-order valence-electron chi connectivity index (χ1n) is 11.7. The summed E-state index contributed by atoms with van der Waals surface area (Å²) in [5.41, 5.74) is 0.129. The Morgan fingerprint density at radius 2 is 1.97 bits per heavy atom. The van der Waals surface area contributed by atoms with Gasteiger partial charge in [0, 0.05) is 37.6 Å².